The molecule has 0 bridgehead atoms. The standard InChI is InChI=1S/C29H28F3N7O3S/c1-5-39-16(4)20(13-34-39)19-12-22(29(30,31)32)35-28-23(19)24(25(43-28)26(33)40)36-27(41)21-10-11-38(37-21)14-42-18-8-6-17(7-9-18)15(2)3/h6-13,15H,5,14H2,1-4H3,(H2,33,40)(H,36,41). The van der Waals surface area contributed by atoms with Gasteiger partial charge < -0.3 is 15.8 Å². The number of fused-ring (bicyclic) bond motifs is 1. The van der Waals surface area contributed by atoms with Crippen molar-refractivity contribution in [3.63, 3.8) is 0 Å². The van der Waals surface area contributed by atoms with Gasteiger partial charge in [0.15, 0.2) is 12.4 Å². The molecule has 4 aromatic heterocycles. The van der Waals surface area contributed by atoms with Gasteiger partial charge in [-0.05, 0) is 55.2 Å². The van der Waals surface area contributed by atoms with Crippen LogP contribution in [0, 0.1) is 6.92 Å². The van der Waals surface area contributed by atoms with E-state index in [1.807, 2.05) is 31.2 Å². The van der Waals surface area contributed by atoms with Crippen LogP contribution in [0.4, 0.5) is 18.9 Å². The fraction of sp³-hybridized carbons (Fsp3) is 0.276. The molecule has 3 N–H and O–H groups in total. The predicted octanol–water partition coefficient (Wildman–Crippen LogP) is 6.21. The number of primary amides is 1. The summed E-state index contributed by atoms with van der Waals surface area (Å²) in [5, 5.41) is 11.3. The zero-order valence-corrected chi connectivity index (χ0v) is 24.5. The molecule has 0 radical (unpaired) electrons. The summed E-state index contributed by atoms with van der Waals surface area (Å²) in [6.45, 7) is 8.27. The quantitative estimate of drug-likeness (QED) is 0.204. The van der Waals surface area contributed by atoms with Gasteiger partial charge >= 0.3 is 6.18 Å². The molecule has 43 heavy (non-hydrogen) atoms. The van der Waals surface area contributed by atoms with E-state index in [0.29, 0.717) is 40.8 Å². The number of anilines is 1. The molecule has 10 nitrogen and oxygen atoms in total. The number of rotatable bonds is 9. The van der Waals surface area contributed by atoms with Crippen LogP contribution in [0.25, 0.3) is 21.3 Å². The van der Waals surface area contributed by atoms with Crippen LogP contribution in [0.1, 0.15) is 63.8 Å². The molecule has 2 amide bonds. The Morgan fingerprint density at radius 2 is 1.86 bits per heavy atom. The Balaban J connectivity index is 1.49. The maximum Gasteiger partial charge on any atom is 0.433 e. The van der Waals surface area contributed by atoms with E-state index in [4.69, 9.17) is 10.5 Å². The number of halogens is 3. The first-order valence-electron chi connectivity index (χ1n) is 13.3. The molecule has 0 spiro atoms. The van der Waals surface area contributed by atoms with Crippen molar-refractivity contribution in [2.24, 2.45) is 5.73 Å². The molecule has 5 aromatic rings. The van der Waals surface area contributed by atoms with Gasteiger partial charge in [0.25, 0.3) is 11.8 Å². The highest BCUT2D eigenvalue weighted by Crippen LogP contribution is 2.44. The first kappa shape index (κ1) is 29.8. The van der Waals surface area contributed by atoms with Gasteiger partial charge in [-0.1, -0.05) is 26.0 Å². The number of thiophene rings is 1. The number of ether oxygens (including phenoxy) is 1. The SMILES string of the molecule is CCn1ncc(-c2cc(C(F)(F)F)nc3sc(C(N)=O)c(NC(=O)c4ccn(COc5ccc(C(C)C)cc5)n4)c23)c1C. The molecular weight excluding hydrogens is 583 g/mol. The molecule has 4 heterocycles. The van der Waals surface area contributed by atoms with Gasteiger partial charge in [-0.2, -0.15) is 23.4 Å². The largest absolute Gasteiger partial charge is 0.471 e. The van der Waals surface area contributed by atoms with Crippen molar-refractivity contribution in [1.82, 2.24) is 24.5 Å². The molecule has 0 unspecified atom stereocenters. The van der Waals surface area contributed by atoms with Crippen LogP contribution in [0.3, 0.4) is 0 Å². The van der Waals surface area contributed by atoms with Gasteiger partial charge in [-0.3, -0.25) is 14.3 Å². The Hall–Kier alpha value is -4.72. The minimum absolute atomic E-state index is 0.00932. The molecular formula is C29H28F3N7O3S. The molecule has 0 saturated carbocycles. The van der Waals surface area contributed by atoms with Gasteiger partial charge in [0, 0.05) is 29.4 Å². The van der Waals surface area contributed by atoms with Crippen LogP contribution < -0.4 is 15.8 Å². The highest BCUT2D eigenvalue weighted by Gasteiger charge is 2.35. The predicted molar refractivity (Wildman–Crippen MR) is 156 cm³/mol. The molecule has 5 rings (SSSR count). The average molecular weight is 612 g/mol. The summed E-state index contributed by atoms with van der Waals surface area (Å²) in [4.78, 5) is 29.3. The molecule has 1 aromatic carbocycles. The molecule has 0 aliphatic carbocycles. The number of amides is 2. The molecule has 0 saturated heterocycles. The van der Waals surface area contributed by atoms with Gasteiger partial charge in [-0.15, -0.1) is 11.3 Å². The minimum atomic E-state index is -4.76. The second-order valence-corrected chi connectivity index (χ2v) is 11.1. The van der Waals surface area contributed by atoms with Crippen molar-refractivity contribution >= 4 is 39.1 Å². The normalized spacial score (nSPS) is 11.8. The summed E-state index contributed by atoms with van der Waals surface area (Å²) in [6, 6.07) is 9.98. The number of alkyl halides is 3. The Labute approximate surface area is 248 Å². The molecule has 14 heteroatoms. The van der Waals surface area contributed by atoms with E-state index in [9.17, 15) is 22.8 Å². The number of aromatic nitrogens is 5. The number of aryl methyl sites for hydroxylation is 1. The van der Waals surface area contributed by atoms with Crippen LogP contribution in [0.15, 0.2) is 48.8 Å². The van der Waals surface area contributed by atoms with E-state index in [-0.39, 0.29) is 38.8 Å². The summed E-state index contributed by atoms with van der Waals surface area (Å²) in [7, 11) is 0. The smallest absolute Gasteiger partial charge is 0.433 e. The zero-order valence-electron chi connectivity index (χ0n) is 23.7. The third-order valence-corrected chi connectivity index (χ3v) is 7.99. The fourth-order valence-corrected chi connectivity index (χ4v) is 5.61. The second-order valence-electron chi connectivity index (χ2n) is 10.1. The second kappa shape index (κ2) is 11.5. The van der Waals surface area contributed by atoms with Crippen molar-refractivity contribution in [3.05, 3.63) is 76.3 Å². The topological polar surface area (TPSA) is 130 Å². The number of nitrogens with two attached hydrogens (primary N) is 1. The third-order valence-electron chi connectivity index (χ3n) is 6.89. The molecule has 0 aliphatic heterocycles. The molecule has 224 valence electrons. The first-order chi connectivity index (χ1) is 20.4. The van der Waals surface area contributed by atoms with Crippen LogP contribution in [0.2, 0.25) is 0 Å². The third kappa shape index (κ3) is 5.95. The van der Waals surface area contributed by atoms with E-state index < -0.39 is 23.7 Å². The van der Waals surface area contributed by atoms with E-state index in [1.165, 1.54) is 22.5 Å². The Bertz CT molecular complexity index is 1820. The van der Waals surface area contributed by atoms with Gasteiger partial charge in [-0.25, -0.2) is 9.67 Å². The van der Waals surface area contributed by atoms with Crippen molar-refractivity contribution in [1.29, 1.82) is 0 Å². The zero-order chi connectivity index (χ0) is 31.1. The number of nitrogens with zero attached hydrogens (tertiary/aromatic N) is 5. The lowest BCUT2D eigenvalue weighted by atomic mass is 10.0. The van der Waals surface area contributed by atoms with Crippen molar-refractivity contribution in [3.8, 4) is 16.9 Å². The van der Waals surface area contributed by atoms with Gasteiger partial charge in [0.1, 0.15) is 21.2 Å². The number of carbonyl (C=O) groups is 2. The summed E-state index contributed by atoms with van der Waals surface area (Å²) < 4.78 is 50.3. The summed E-state index contributed by atoms with van der Waals surface area (Å²) in [6.07, 6.45) is -1.77. The number of carbonyl (C=O) groups excluding carboxylic acids is 2. The van der Waals surface area contributed by atoms with E-state index in [1.54, 1.807) is 17.8 Å². The summed E-state index contributed by atoms with van der Waals surface area (Å²) in [5.74, 6) is -0.620. The Morgan fingerprint density at radius 3 is 2.47 bits per heavy atom. The van der Waals surface area contributed by atoms with Crippen LogP contribution in [-0.2, 0) is 19.5 Å². The number of hydrogen-bond acceptors (Lipinski definition) is 7. The lowest BCUT2D eigenvalue weighted by molar-refractivity contribution is -0.140. The maximum atomic E-state index is 13.8. The van der Waals surface area contributed by atoms with Crippen LogP contribution >= 0.6 is 11.3 Å². The van der Waals surface area contributed by atoms with Crippen LogP contribution in [0.5, 0.6) is 5.75 Å². The lowest BCUT2D eigenvalue weighted by Crippen LogP contribution is -2.18. The lowest BCUT2D eigenvalue weighted by Gasteiger charge is -2.12. The number of hydrogen-bond donors (Lipinski definition) is 2. The van der Waals surface area contributed by atoms with E-state index >= 15 is 0 Å². The van der Waals surface area contributed by atoms with Gasteiger partial charge in [0.05, 0.1) is 11.9 Å². The monoisotopic (exact) mass is 611 g/mol. The number of pyridine rings is 1. The maximum absolute atomic E-state index is 13.8. The fourth-order valence-electron chi connectivity index (χ4n) is 4.60. The van der Waals surface area contributed by atoms with Crippen molar-refractivity contribution in [2.45, 2.75) is 53.1 Å². The van der Waals surface area contributed by atoms with Crippen molar-refractivity contribution < 1.29 is 27.5 Å². The molecule has 0 fully saturated rings. The Kier molecular flexibility index (Phi) is 7.97. The van der Waals surface area contributed by atoms with Crippen LogP contribution in [-0.4, -0.2) is 36.4 Å². The summed E-state index contributed by atoms with van der Waals surface area (Å²) in [5.41, 5.74) is 6.67. The van der Waals surface area contributed by atoms with E-state index in [0.717, 1.165) is 6.07 Å². The van der Waals surface area contributed by atoms with E-state index in [2.05, 4.69) is 34.3 Å². The first-order valence-corrected chi connectivity index (χ1v) is 14.1. The highest BCUT2D eigenvalue weighted by molar-refractivity contribution is 7.21. The number of benzene rings is 1. The Morgan fingerprint density at radius 1 is 1.14 bits per heavy atom. The average Bonchev–Trinajstić information content (AvgIpc) is 3.68. The highest BCUT2D eigenvalue weighted by atomic mass is 32.1. The van der Waals surface area contributed by atoms with Gasteiger partial charge in [0.2, 0.25) is 0 Å². The minimum Gasteiger partial charge on any atom is -0.471 e. The molecule has 0 aliphatic rings. The molecule has 0 atom stereocenters. The number of nitrogens with one attached hydrogen (secondary N) is 1. The van der Waals surface area contributed by atoms with Crippen molar-refractivity contribution in [2.75, 3.05) is 5.32 Å². The summed E-state index contributed by atoms with van der Waals surface area (Å²) >= 11 is 0.667.